The number of methoxy groups -OCH3 is 1. The van der Waals surface area contributed by atoms with Crippen LogP contribution in [0.5, 0.6) is 0 Å². The Labute approximate surface area is 214 Å². The first-order valence-corrected chi connectivity index (χ1v) is 11.7. The molecule has 1 aliphatic rings. The molecule has 37 heavy (non-hydrogen) atoms. The van der Waals surface area contributed by atoms with E-state index in [1.807, 2.05) is 30.3 Å². The maximum absolute atomic E-state index is 14.0. The molecule has 0 N–H and O–H groups in total. The Morgan fingerprint density at radius 1 is 1.11 bits per heavy atom. The van der Waals surface area contributed by atoms with E-state index in [1.54, 1.807) is 27.7 Å². The van der Waals surface area contributed by atoms with Crippen molar-refractivity contribution in [3.05, 3.63) is 65.7 Å². The zero-order valence-corrected chi connectivity index (χ0v) is 21.7. The highest BCUT2D eigenvalue weighted by Gasteiger charge is 2.51. The Morgan fingerprint density at radius 3 is 2.22 bits per heavy atom. The van der Waals surface area contributed by atoms with Gasteiger partial charge >= 0.3 is 12.1 Å². The van der Waals surface area contributed by atoms with Crippen LogP contribution in [-0.4, -0.2) is 59.5 Å². The summed E-state index contributed by atoms with van der Waals surface area (Å²) in [5.41, 5.74) is -1.70. The highest BCUT2D eigenvalue weighted by molar-refractivity contribution is 6.08. The monoisotopic (exact) mass is 515 g/mol. The molecule has 0 bridgehead atoms. The molecule has 8 nitrogen and oxygen atoms in total. The summed E-state index contributed by atoms with van der Waals surface area (Å²) in [5, 5.41) is 0. The fourth-order valence-electron chi connectivity index (χ4n) is 4.32. The topological polar surface area (TPSA) is 88.5 Å². The second-order valence-corrected chi connectivity index (χ2v) is 9.91. The molecule has 2 amide bonds. The van der Waals surface area contributed by atoms with Gasteiger partial charge in [-0.1, -0.05) is 30.3 Å². The number of nitrogens with zero attached hydrogens (tertiary/aromatic N) is 3. The molecule has 2 aromatic rings. The van der Waals surface area contributed by atoms with Crippen LogP contribution in [0.15, 0.2) is 53.5 Å². The van der Waals surface area contributed by atoms with Crippen LogP contribution in [0.4, 0.5) is 19.3 Å². The lowest BCUT2D eigenvalue weighted by molar-refractivity contribution is -0.146. The maximum atomic E-state index is 14.0. The molecule has 2 atom stereocenters. The average Bonchev–Trinajstić information content (AvgIpc) is 3.18. The number of aliphatic imine (C=N–C) groups is 1. The molecule has 0 saturated heterocycles. The Morgan fingerprint density at radius 2 is 1.70 bits per heavy atom. The number of anilines is 1. The number of amidine groups is 1. The van der Waals surface area contributed by atoms with Gasteiger partial charge in [0.1, 0.15) is 23.1 Å². The summed E-state index contributed by atoms with van der Waals surface area (Å²) in [6.45, 7) is 7.63. The van der Waals surface area contributed by atoms with Crippen molar-refractivity contribution in [2.75, 3.05) is 18.6 Å². The first kappa shape index (κ1) is 27.8. The summed E-state index contributed by atoms with van der Waals surface area (Å²) in [4.78, 5) is 46.1. The first-order valence-electron chi connectivity index (χ1n) is 11.7. The van der Waals surface area contributed by atoms with Crippen molar-refractivity contribution >= 4 is 29.5 Å². The van der Waals surface area contributed by atoms with E-state index >= 15 is 0 Å². The van der Waals surface area contributed by atoms with Crippen LogP contribution in [-0.2, 0) is 25.5 Å². The zero-order valence-electron chi connectivity index (χ0n) is 21.7. The van der Waals surface area contributed by atoms with Gasteiger partial charge in [-0.3, -0.25) is 9.69 Å². The number of halogens is 2. The summed E-state index contributed by atoms with van der Waals surface area (Å²) < 4.78 is 38.8. The van der Waals surface area contributed by atoms with E-state index in [9.17, 15) is 23.2 Å². The van der Waals surface area contributed by atoms with Gasteiger partial charge in [0.15, 0.2) is 5.54 Å². The minimum atomic E-state index is -1.54. The van der Waals surface area contributed by atoms with E-state index in [0.29, 0.717) is 6.07 Å². The minimum absolute atomic E-state index is 0.0236. The van der Waals surface area contributed by atoms with Crippen molar-refractivity contribution in [3.8, 4) is 0 Å². The van der Waals surface area contributed by atoms with Crippen molar-refractivity contribution in [1.29, 1.82) is 0 Å². The van der Waals surface area contributed by atoms with E-state index in [4.69, 9.17) is 9.47 Å². The fraction of sp³-hybridized carbons (Fsp3) is 0.407. The second-order valence-electron chi connectivity index (χ2n) is 9.91. The van der Waals surface area contributed by atoms with Crippen molar-refractivity contribution in [1.82, 2.24) is 4.90 Å². The van der Waals surface area contributed by atoms with Gasteiger partial charge in [0.2, 0.25) is 5.91 Å². The Hall–Kier alpha value is -3.82. The first-order chi connectivity index (χ1) is 17.3. The van der Waals surface area contributed by atoms with Crippen LogP contribution in [0.2, 0.25) is 0 Å². The quantitative estimate of drug-likeness (QED) is 0.529. The summed E-state index contributed by atoms with van der Waals surface area (Å²) in [7, 11) is 1.22. The molecule has 0 aromatic heterocycles. The minimum Gasteiger partial charge on any atom is -0.467 e. The summed E-state index contributed by atoms with van der Waals surface area (Å²) in [5.74, 6) is -2.96. The zero-order chi connectivity index (χ0) is 27.5. The SMILES string of the molecule is COC(=O)C1(Cc2ccccc2)CN(C(=O)OC(C)(C)C)C(C(C)N(C(C)=O)c2cc(F)cc(F)c2)=N1. The molecule has 3 rings (SSSR count). The number of benzene rings is 2. The molecule has 0 spiro atoms. The summed E-state index contributed by atoms with van der Waals surface area (Å²) >= 11 is 0. The lowest BCUT2D eigenvalue weighted by atomic mass is 9.91. The number of rotatable bonds is 6. The van der Waals surface area contributed by atoms with E-state index < -0.39 is 46.8 Å². The summed E-state index contributed by atoms with van der Waals surface area (Å²) in [6.07, 6.45) is -0.684. The number of amides is 2. The maximum Gasteiger partial charge on any atom is 0.415 e. The predicted molar refractivity (Wildman–Crippen MR) is 134 cm³/mol. The highest BCUT2D eigenvalue weighted by Crippen LogP contribution is 2.32. The van der Waals surface area contributed by atoms with E-state index in [1.165, 1.54) is 18.9 Å². The Kier molecular flexibility index (Phi) is 8.00. The summed E-state index contributed by atoms with van der Waals surface area (Å²) in [6, 6.07) is 10.8. The molecule has 2 aromatic carbocycles. The van der Waals surface area contributed by atoms with Crippen LogP contribution in [0, 0.1) is 11.6 Å². The molecule has 1 heterocycles. The van der Waals surface area contributed by atoms with Crippen LogP contribution < -0.4 is 4.90 Å². The van der Waals surface area contributed by atoms with Gasteiger partial charge in [-0.2, -0.15) is 0 Å². The molecule has 2 unspecified atom stereocenters. The van der Waals surface area contributed by atoms with Crippen LogP contribution >= 0.6 is 0 Å². The Bertz CT molecular complexity index is 1190. The number of hydrogen-bond acceptors (Lipinski definition) is 6. The van der Waals surface area contributed by atoms with Gasteiger partial charge in [-0.25, -0.2) is 23.4 Å². The van der Waals surface area contributed by atoms with Crippen molar-refractivity contribution < 1.29 is 32.6 Å². The van der Waals surface area contributed by atoms with Gasteiger partial charge in [0.25, 0.3) is 0 Å². The lowest BCUT2D eigenvalue weighted by Gasteiger charge is -2.32. The number of hydrogen-bond donors (Lipinski definition) is 0. The van der Waals surface area contributed by atoms with Crippen LogP contribution in [0.1, 0.15) is 40.2 Å². The third-order valence-corrected chi connectivity index (χ3v) is 5.77. The molecule has 0 saturated carbocycles. The van der Waals surface area contributed by atoms with E-state index in [2.05, 4.69) is 4.99 Å². The van der Waals surface area contributed by atoms with Gasteiger partial charge in [-0.05, 0) is 45.4 Å². The number of ether oxygens (including phenoxy) is 2. The van der Waals surface area contributed by atoms with Crippen LogP contribution in [0.25, 0.3) is 0 Å². The Balaban J connectivity index is 2.15. The standard InChI is InChI=1S/C27H31F2N3O5/c1-17(32(18(2)33)22-13-20(28)12-21(29)14-22)23-30-27(24(34)36-6,15-19-10-8-7-9-11-19)16-31(23)25(35)37-26(3,4)5/h7-14,17H,15-16H2,1-6H3. The lowest BCUT2D eigenvalue weighted by Crippen LogP contribution is -2.52. The third kappa shape index (κ3) is 6.31. The molecule has 0 radical (unpaired) electrons. The van der Waals surface area contributed by atoms with Crippen LogP contribution in [0.3, 0.4) is 0 Å². The largest absolute Gasteiger partial charge is 0.467 e. The van der Waals surface area contributed by atoms with Gasteiger partial charge in [-0.15, -0.1) is 0 Å². The van der Waals surface area contributed by atoms with Gasteiger partial charge < -0.3 is 14.4 Å². The molecule has 1 aliphatic heterocycles. The normalized spacial score (nSPS) is 18.2. The van der Waals surface area contributed by atoms with Gasteiger partial charge in [0.05, 0.1) is 25.4 Å². The molecular weight excluding hydrogens is 484 g/mol. The highest BCUT2D eigenvalue weighted by atomic mass is 19.1. The van der Waals surface area contributed by atoms with E-state index in [-0.39, 0.29) is 24.5 Å². The fourth-order valence-corrected chi connectivity index (χ4v) is 4.32. The molecular formula is C27H31F2N3O5. The number of carbonyl (C=O) groups is 3. The second kappa shape index (κ2) is 10.7. The molecule has 0 fully saturated rings. The molecule has 10 heteroatoms. The smallest absolute Gasteiger partial charge is 0.415 e. The molecule has 0 aliphatic carbocycles. The van der Waals surface area contributed by atoms with Crippen molar-refractivity contribution in [2.45, 2.75) is 58.2 Å². The van der Waals surface area contributed by atoms with Gasteiger partial charge in [0, 0.05) is 19.4 Å². The number of esters is 1. The molecule has 198 valence electrons. The van der Waals surface area contributed by atoms with E-state index in [0.717, 1.165) is 22.6 Å². The predicted octanol–water partition coefficient (Wildman–Crippen LogP) is 4.51. The average molecular weight is 516 g/mol. The van der Waals surface area contributed by atoms with Crippen molar-refractivity contribution in [2.24, 2.45) is 4.99 Å². The van der Waals surface area contributed by atoms with Crippen molar-refractivity contribution in [3.63, 3.8) is 0 Å². The number of carbonyl (C=O) groups excluding carboxylic acids is 3. The third-order valence-electron chi connectivity index (χ3n) is 5.77.